The number of benzene rings is 1. The molecule has 0 fully saturated rings. The zero-order chi connectivity index (χ0) is 14.8. The molecule has 6 heteroatoms. The third-order valence-electron chi connectivity index (χ3n) is 2.86. The van der Waals surface area contributed by atoms with Gasteiger partial charge in [0.15, 0.2) is 0 Å². The molecule has 0 aliphatic heterocycles. The number of nitrogens with one attached hydrogen (secondary N) is 1. The average molecular weight is 295 g/mol. The second kappa shape index (κ2) is 5.78. The van der Waals surface area contributed by atoms with Crippen LogP contribution in [-0.2, 0) is 10.0 Å². The zero-order valence-electron chi connectivity index (χ0n) is 11.3. The van der Waals surface area contributed by atoms with E-state index in [2.05, 4.69) is 4.72 Å². The van der Waals surface area contributed by atoms with Crippen molar-refractivity contribution in [3.63, 3.8) is 0 Å². The van der Waals surface area contributed by atoms with Crippen molar-refractivity contribution in [3.8, 4) is 0 Å². The Morgan fingerprint density at radius 3 is 2.60 bits per heavy atom. The van der Waals surface area contributed by atoms with E-state index >= 15 is 0 Å². The Kier molecular flexibility index (Phi) is 4.27. The van der Waals surface area contributed by atoms with Crippen molar-refractivity contribution < 1.29 is 17.9 Å². The van der Waals surface area contributed by atoms with Gasteiger partial charge in [0.2, 0.25) is 10.0 Å². The van der Waals surface area contributed by atoms with Crippen molar-refractivity contribution in [3.05, 3.63) is 53.5 Å². The summed E-state index contributed by atoms with van der Waals surface area (Å²) in [5, 5.41) is 9.88. The molecule has 0 bridgehead atoms. The summed E-state index contributed by atoms with van der Waals surface area (Å²) in [7, 11) is -3.63. The van der Waals surface area contributed by atoms with Gasteiger partial charge in [-0.15, -0.1) is 0 Å². The van der Waals surface area contributed by atoms with Gasteiger partial charge in [-0.05, 0) is 43.7 Å². The van der Waals surface area contributed by atoms with Crippen molar-refractivity contribution >= 4 is 10.0 Å². The van der Waals surface area contributed by atoms with E-state index in [1.807, 2.05) is 13.0 Å². The molecule has 0 radical (unpaired) electrons. The Morgan fingerprint density at radius 1 is 1.25 bits per heavy atom. The van der Waals surface area contributed by atoms with Crippen LogP contribution in [0.15, 0.2) is 45.7 Å². The van der Waals surface area contributed by atoms with Crippen LogP contribution in [0.4, 0.5) is 0 Å². The van der Waals surface area contributed by atoms with Crippen LogP contribution >= 0.6 is 0 Å². The fourth-order valence-corrected chi connectivity index (χ4v) is 2.93. The Balaban J connectivity index is 2.06. The fraction of sp³-hybridized carbons (Fsp3) is 0.286. The molecule has 2 N–H and O–H groups in total. The molecule has 20 heavy (non-hydrogen) atoms. The van der Waals surface area contributed by atoms with Crippen LogP contribution in [0.2, 0.25) is 0 Å². The summed E-state index contributed by atoms with van der Waals surface area (Å²) in [6.45, 7) is 3.44. The molecule has 1 atom stereocenters. The number of aryl methyl sites for hydroxylation is 2. The summed E-state index contributed by atoms with van der Waals surface area (Å²) >= 11 is 0. The van der Waals surface area contributed by atoms with E-state index in [0.717, 1.165) is 5.56 Å². The summed E-state index contributed by atoms with van der Waals surface area (Å²) in [6, 6.07) is 9.93. The Labute approximate surface area is 118 Å². The Bertz CT molecular complexity index is 691. The van der Waals surface area contributed by atoms with Gasteiger partial charge in [-0.3, -0.25) is 0 Å². The quantitative estimate of drug-likeness (QED) is 0.883. The molecule has 0 saturated heterocycles. The van der Waals surface area contributed by atoms with Crippen molar-refractivity contribution in [2.75, 3.05) is 6.54 Å². The first kappa shape index (κ1) is 14.8. The predicted molar refractivity (Wildman–Crippen MR) is 74.8 cm³/mol. The molecule has 0 amide bonds. The lowest BCUT2D eigenvalue weighted by molar-refractivity contribution is 0.152. The standard InChI is InChI=1S/C14H17NO4S/c1-10-4-3-5-12(8-10)20(17,18)15-9-13(16)14-7-6-11(2)19-14/h3-8,13,15-16H,9H2,1-2H3/t13-/m1/s1. The normalized spacial score (nSPS) is 13.3. The molecule has 108 valence electrons. The van der Waals surface area contributed by atoms with Crippen molar-refractivity contribution in [1.82, 2.24) is 4.72 Å². The van der Waals surface area contributed by atoms with Gasteiger partial charge in [0.05, 0.1) is 4.90 Å². The van der Waals surface area contributed by atoms with E-state index < -0.39 is 16.1 Å². The predicted octanol–water partition coefficient (Wildman–Crippen LogP) is 1.91. The highest BCUT2D eigenvalue weighted by atomic mass is 32.2. The second-order valence-electron chi connectivity index (χ2n) is 4.63. The monoisotopic (exact) mass is 295 g/mol. The number of furan rings is 1. The molecule has 0 aliphatic rings. The highest BCUT2D eigenvalue weighted by Crippen LogP contribution is 2.16. The summed E-state index contributed by atoms with van der Waals surface area (Å²) in [4.78, 5) is 0.181. The number of hydrogen-bond donors (Lipinski definition) is 2. The maximum absolute atomic E-state index is 12.1. The van der Waals surface area contributed by atoms with Crippen LogP contribution < -0.4 is 4.72 Å². The molecule has 2 rings (SSSR count). The van der Waals surface area contributed by atoms with Crippen LogP contribution in [0.3, 0.4) is 0 Å². The molecular weight excluding hydrogens is 278 g/mol. The minimum atomic E-state index is -3.63. The van der Waals surface area contributed by atoms with Gasteiger partial charge in [-0.1, -0.05) is 12.1 Å². The van der Waals surface area contributed by atoms with Crippen molar-refractivity contribution in [2.45, 2.75) is 24.8 Å². The first-order valence-corrected chi connectivity index (χ1v) is 7.67. The molecule has 1 aromatic heterocycles. The topological polar surface area (TPSA) is 79.5 Å². The van der Waals surface area contributed by atoms with Gasteiger partial charge in [-0.25, -0.2) is 13.1 Å². The maximum atomic E-state index is 12.1. The van der Waals surface area contributed by atoms with Crippen molar-refractivity contribution in [1.29, 1.82) is 0 Å². The summed E-state index contributed by atoms with van der Waals surface area (Å²) in [6.07, 6.45) is -1.01. The Hall–Kier alpha value is -1.63. The molecule has 0 unspecified atom stereocenters. The molecule has 2 aromatic rings. The summed E-state index contributed by atoms with van der Waals surface area (Å²) < 4.78 is 31.8. The van der Waals surface area contributed by atoms with E-state index in [4.69, 9.17) is 4.42 Å². The van der Waals surface area contributed by atoms with Crippen LogP contribution in [0.25, 0.3) is 0 Å². The first-order chi connectivity index (χ1) is 9.38. The highest BCUT2D eigenvalue weighted by molar-refractivity contribution is 7.89. The van der Waals surface area contributed by atoms with Crippen molar-refractivity contribution in [2.24, 2.45) is 0 Å². The largest absolute Gasteiger partial charge is 0.464 e. The molecule has 0 spiro atoms. The molecule has 5 nitrogen and oxygen atoms in total. The lowest BCUT2D eigenvalue weighted by Crippen LogP contribution is -2.28. The Morgan fingerprint density at radius 2 is 2.00 bits per heavy atom. The van der Waals surface area contributed by atoms with E-state index in [1.165, 1.54) is 6.07 Å². The fourth-order valence-electron chi connectivity index (χ4n) is 1.79. The third-order valence-corrected chi connectivity index (χ3v) is 4.28. The third kappa shape index (κ3) is 3.47. The van der Waals surface area contributed by atoms with Crippen LogP contribution in [0.1, 0.15) is 23.2 Å². The van der Waals surface area contributed by atoms with E-state index in [0.29, 0.717) is 11.5 Å². The van der Waals surface area contributed by atoms with Gasteiger partial charge in [0.25, 0.3) is 0 Å². The number of aliphatic hydroxyl groups is 1. The van der Waals surface area contributed by atoms with E-state index in [1.54, 1.807) is 31.2 Å². The summed E-state index contributed by atoms with van der Waals surface area (Å²) in [5.74, 6) is 1.01. The van der Waals surface area contributed by atoms with E-state index in [9.17, 15) is 13.5 Å². The second-order valence-corrected chi connectivity index (χ2v) is 6.40. The number of aliphatic hydroxyl groups excluding tert-OH is 1. The number of rotatable bonds is 5. The van der Waals surface area contributed by atoms with Crippen LogP contribution in [-0.4, -0.2) is 20.1 Å². The van der Waals surface area contributed by atoms with Gasteiger partial charge < -0.3 is 9.52 Å². The van der Waals surface area contributed by atoms with Gasteiger partial charge in [0, 0.05) is 6.54 Å². The zero-order valence-corrected chi connectivity index (χ0v) is 12.1. The molecule has 0 saturated carbocycles. The number of hydrogen-bond acceptors (Lipinski definition) is 4. The minimum absolute atomic E-state index is 0.136. The molecular formula is C14H17NO4S. The SMILES string of the molecule is Cc1cccc(S(=O)(=O)NC[C@@H](O)c2ccc(C)o2)c1. The average Bonchev–Trinajstić information content (AvgIpc) is 2.83. The van der Waals surface area contributed by atoms with Crippen LogP contribution in [0, 0.1) is 13.8 Å². The smallest absolute Gasteiger partial charge is 0.240 e. The van der Waals surface area contributed by atoms with Crippen LogP contribution in [0.5, 0.6) is 0 Å². The molecule has 1 heterocycles. The molecule has 1 aromatic carbocycles. The van der Waals surface area contributed by atoms with Gasteiger partial charge in [-0.2, -0.15) is 0 Å². The lowest BCUT2D eigenvalue weighted by atomic mass is 10.2. The number of sulfonamides is 1. The lowest BCUT2D eigenvalue weighted by Gasteiger charge is -2.10. The maximum Gasteiger partial charge on any atom is 0.240 e. The molecule has 0 aliphatic carbocycles. The van der Waals surface area contributed by atoms with E-state index in [-0.39, 0.29) is 11.4 Å². The minimum Gasteiger partial charge on any atom is -0.464 e. The first-order valence-electron chi connectivity index (χ1n) is 6.19. The summed E-state index contributed by atoms with van der Waals surface area (Å²) in [5.41, 5.74) is 0.857. The van der Waals surface area contributed by atoms with Gasteiger partial charge >= 0.3 is 0 Å². The van der Waals surface area contributed by atoms with Gasteiger partial charge in [0.1, 0.15) is 17.6 Å². The highest BCUT2D eigenvalue weighted by Gasteiger charge is 2.18.